The summed E-state index contributed by atoms with van der Waals surface area (Å²) in [6, 6.07) is 17.1. The molecule has 0 radical (unpaired) electrons. The van der Waals surface area contributed by atoms with Gasteiger partial charge in [0.05, 0.1) is 25.5 Å². The monoisotopic (exact) mass is 436 g/mol. The summed E-state index contributed by atoms with van der Waals surface area (Å²) in [5.74, 6) is 0.134. The first-order valence-corrected chi connectivity index (χ1v) is 10.4. The minimum atomic E-state index is -0.924. The van der Waals surface area contributed by atoms with Gasteiger partial charge in [-0.2, -0.15) is 5.01 Å². The fourth-order valence-electron chi connectivity index (χ4n) is 4.10. The zero-order valence-electron chi connectivity index (χ0n) is 17.6. The largest absolute Gasteiger partial charge is 0.494 e. The van der Waals surface area contributed by atoms with Gasteiger partial charge < -0.3 is 19.6 Å². The smallest absolute Gasteiger partial charge is 0.196 e. The molecule has 3 aromatic carbocycles. The summed E-state index contributed by atoms with van der Waals surface area (Å²) < 4.78 is 44.9. The number of ether oxygens (including phenoxy) is 3. The number of hydrogen-bond acceptors (Lipinski definition) is 5. The van der Waals surface area contributed by atoms with Gasteiger partial charge in [0.25, 0.3) is 0 Å². The van der Waals surface area contributed by atoms with Gasteiger partial charge in [0.15, 0.2) is 29.4 Å². The zero-order valence-corrected chi connectivity index (χ0v) is 17.6. The van der Waals surface area contributed by atoms with Crippen LogP contribution >= 0.6 is 0 Å². The number of hydrogen-bond donors (Lipinski definition) is 1. The Morgan fingerprint density at radius 2 is 1.84 bits per heavy atom. The second kappa shape index (κ2) is 8.16. The van der Waals surface area contributed by atoms with Gasteiger partial charge in [-0.3, -0.25) is 0 Å². The van der Waals surface area contributed by atoms with Crippen LogP contribution in [-0.4, -0.2) is 18.7 Å². The predicted octanol–water partition coefficient (Wildman–Crippen LogP) is 5.37. The lowest BCUT2D eigenvalue weighted by Gasteiger charge is -2.39. The first-order valence-electron chi connectivity index (χ1n) is 10.4. The highest BCUT2D eigenvalue weighted by Gasteiger charge is 2.41. The molecule has 0 amide bonds. The number of halogens is 2. The topological polar surface area (TPSA) is 43.0 Å². The molecule has 5 rings (SSSR count). The molecule has 0 aromatic heterocycles. The molecule has 0 fully saturated rings. The molecule has 2 aliphatic heterocycles. The third-order valence-electron chi connectivity index (χ3n) is 5.61. The van der Waals surface area contributed by atoms with E-state index in [1.807, 2.05) is 54.4 Å². The number of hydrazine groups is 1. The molecular formula is C25H22F2N2O3. The Hall–Kier alpha value is -3.58. The van der Waals surface area contributed by atoms with Crippen molar-refractivity contribution in [3.05, 3.63) is 95.1 Å². The molecule has 0 saturated carbocycles. The molecule has 32 heavy (non-hydrogen) atoms. The predicted molar refractivity (Wildman–Crippen MR) is 116 cm³/mol. The van der Waals surface area contributed by atoms with Crippen LogP contribution in [0.1, 0.15) is 35.9 Å². The molecule has 3 aromatic rings. The minimum Gasteiger partial charge on any atom is -0.494 e. The lowest BCUT2D eigenvalue weighted by Crippen LogP contribution is -2.43. The summed E-state index contributed by atoms with van der Waals surface area (Å²) >= 11 is 0. The number of fused-ring (bicyclic) bond motifs is 3. The van der Waals surface area contributed by atoms with E-state index < -0.39 is 17.9 Å². The molecule has 0 spiro atoms. The van der Waals surface area contributed by atoms with E-state index in [9.17, 15) is 8.78 Å². The summed E-state index contributed by atoms with van der Waals surface area (Å²) in [6.45, 7) is 2.54. The van der Waals surface area contributed by atoms with Crippen molar-refractivity contribution in [1.82, 2.24) is 10.4 Å². The normalized spacial score (nSPS) is 19.3. The quantitative estimate of drug-likeness (QED) is 0.583. The Kier molecular flexibility index (Phi) is 5.19. The van der Waals surface area contributed by atoms with Crippen molar-refractivity contribution < 1.29 is 23.0 Å². The van der Waals surface area contributed by atoms with Gasteiger partial charge in [0.1, 0.15) is 5.75 Å². The van der Waals surface area contributed by atoms with Crippen molar-refractivity contribution in [2.24, 2.45) is 0 Å². The van der Waals surface area contributed by atoms with Gasteiger partial charge in [-0.15, -0.1) is 0 Å². The van der Waals surface area contributed by atoms with Gasteiger partial charge in [0, 0.05) is 11.1 Å². The minimum absolute atomic E-state index is 0.200. The first-order chi connectivity index (χ1) is 15.6. The fraction of sp³-hybridized carbons (Fsp3) is 0.200. The number of nitrogens with one attached hydrogen (secondary N) is 1. The van der Waals surface area contributed by atoms with Gasteiger partial charge >= 0.3 is 0 Å². The number of nitrogens with zero attached hydrogens (tertiary/aromatic N) is 1. The van der Waals surface area contributed by atoms with Crippen LogP contribution in [0.15, 0.2) is 66.7 Å². The molecule has 2 heterocycles. The Morgan fingerprint density at radius 1 is 1.03 bits per heavy atom. The lowest BCUT2D eigenvalue weighted by atomic mass is 10.00. The van der Waals surface area contributed by atoms with Gasteiger partial charge in [0.2, 0.25) is 0 Å². The second-order valence-corrected chi connectivity index (χ2v) is 7.52. The summed E-state index contributed by atoms with van der Waals surface area (Å²) in [6.07, 6.45) is 1.39. The molecule has 0 saturated heterocycles. The van der Waals surface area contributed by atoms with Crippen molar-refractivity contribution in [2.45, 2.75) is 19.2 Å². The standard InChI is InChI=1S/C25H22F2N2O3/c1-3-31-17-10-7-15(8-11-17)21-14-22-18-5-4-6-23(30-2)24(18)32-25(29(22)28-21)16-9-12-19(26)20(27)13-16/h4-14,22,25,28H,3H2,1-2H3. The third-order valence-corrected chi connectivity index (χ3v) is 5.61. The third kappa shape index (κ3) is 3.44. The highest BCUT2D eigenvalue weighted by Crippen LogP contribution is 2.49. The Labute approximate surface area is 184 Å². The van der Waals surface area contributed by atoms with Crippen molar-refractivity contribution in [3.8, 4) is 17.2 Å². The van der Waals surface area contributed by atoms with Crippen molar-refractivity contribution in [3.63, 3.8) is 0 Å². The molecule has 5 nitrogen and oxygen atoms in total. The average Bonchev–Trinajstić information content (AvgIpc) is 3.26. The summed E-state index contributed by atoms with van der Waals surface area (Å²) in [7, 11) is 1.58. The molecule has 2 atom stereocenters. The molecule has 0 aliphatic carbocycles. The van der Waals surface area contributed by atoms with Crippen LogP contribution in [0.5, 0.6) is 17.2 Å². The first kappa shape index (κ1) is 20.3. The average molecular weight is 436 g/mol. The molecule has 0 bridgehead atoms. The van der Waals surface area contributed by atoms with Crippen molar-refractivity contribution in [1.29, 1.82) is 0 Å². The molecule has 2 aliphatic rings. The van der Waals surface area contributed by atoms with Crippen molar-refractivity contribution >= 4 is 5.70 Å². The number of para-hydroxylation sites is 1. The molecule has 164 valence electrons. The van der Waals surface area contributed by atoms with Crippen LogP contribution in [0, 0.1) is 11.6 Å². The van der Waals surface area contributed by atoms with E-state index in [4.69, 9.17) is 14.2 Å². The summed E-state index contributed by atoms with van der Waals surface area (Å²) in [5.41, 5.74) is 6.64. The highest BCUT2D eigenvalue weighted by molar-refractivity contribution is 5.68. The zero-order chi connectivity index (χ0) is 22.2. The van der Waals surface area contributed by atoms with Crippen LogP contribution in [0.25, 0.3) is 5.70 Å². The van der Waals surface area contributed by atoms with Crippen LogP contribution in [0.3, 0.4) is 0 Å². The van der Waals surface area contributed by atoms with Crippen LogP contribution < -0.4 is 19.6 Å². The van der Waals surface area contributed by atoms with Gasteiger partial charge in [-0.25, -0.2) is 8.78 Å². The number of rotatable bonds is 5. The molecule has 1 N–H and O–H groups in total. The van der Waals surface area contributed by atoms with Crippen LogP contribution in [0.2, 0.25) is 0 Å². The van der Waals surface area contributed by atoms with E-state index in [-0.39, 0.29) is 6.04 Å². The van der Waals surface area contributed by atoms with E-state index in [0.717, 1.165) is 34.7 Å². The van der Waals surface area contributed by atoms with E-state index in [2.05, 4.69) is 11.5 Å². The number of methoxy groups -OCH3 is 1. The fourth-order valence-corrected chi connectivity index (χ4v) is 4.10. The van der Waals surface area contributed by atoms with Crippen molar-refractivity contribution in [2.75, 3.05) is 13.7 Å². The van der Waals surface area contributed by atoms with E-state index in [0.29, 0.717) is 23.7 Å². The summed E-state index contributed by atoms with van der Waals surface area (Å²) in [4.78, 5) is 0. The van der Waals surface area contributed by atoms with Gasteiger partial charge in [-0.05, 0) is 61.0 Å². The molecular weight excluding hydrogens is 414 g/mol. The lowest BCUT2D eigenvalue weighted by molar-refractivity contribution is -0.0345. The Balaban J connectivity index is 1.56. The SMILES string of the molecule is CCOc1ccc(C2=CC3c4cccc(OC)c4OC(c4ccc(F)c(F)c4)N3N2)cc1. The Bertz CT molecular complexity index is 1180. The molecule has 2 unspecified atom stereocenters. The second-order valence-electron chi connectivity index (χ2n) is 7.52. The van der Waals surface area contributed by atoms with Crippen LogP contribution in [0.4, 0.5) is 8.78 Å². The van der Waals surface area contributed by atoms with E-state index in [1.165, 1.54) is 6.07 Å². The maximum atomic E-state index is 14.0. The number of benzene rings is 3. The van der Waals surface area contributed by atoms with Gasteiger partial charge in [-0.1, -0.05) is 18.2 Å². The maximum absolute atomic E-state index is 14.0. The van der Waals surface area contributed by atoms with E-state index >= 15 is 0 Å². The highest BCUT2D eigenvalue weighted by atomic mass is 19.2. The van der Waals surface area contributed by atoms with Crippen LogP contribution in [-0.2, 0) is 0 Å². The maximum Gasteiger partial charge on any atom is 0.196 e. The molecule has 7 heteroatoms. The van der Waals surface area contributed by atoms with E-state index in [1.54, 1.807) is 7.11 Å². The summed E-state index contributed by atoms with van der Waals surface area (Å²) in [5, 5.41) is 1.89. The Morgan fingerprint density at radius 3 is 2.56 bits per heavy atom.